The van der Waals surface area contributed by atoms with E-state index in [1.165, 1.54) is 0 Å². The van der Waals surface area contributed by atoms with Gasteiger partial charge in [0, 0.05) is 19.7 Å². The molecule has 108 valence electrons. The van der Waals surface area contributed by atoms with Crippen LogP contribution in [-0.4, -0.2) is 57.9 Å². The number of hydrogen-bond acceptors (Lipinski definition) is 4. The highest BCUT2D eigenvalue weighted by Crippen LogP contribution is 2.15. The summed E-state index contributed by atoms with van der Waals surface area (Å²) in [5.41, 5.74) is 0. The highest BCUT2D eigenvalue weighted by Gasteiger charge is 2.25. The molecule has 1 aliphatic heterocycles. The number of nitrogens with one attached hydrogen (secondary N) is 1. The van der Waals surface area contributed by atoms with Gasteiger partial charge in [-0.2, -0.15) is 4.31 Å². The van der Waals surface area contributed by atoms with Crippen molar-refractivity contribution >= 4 is 10.0 Å². The van der Waals surface area contributed by atoms with E-state index in [1.807, 2.05) is 14.0 Å². The molecule has 0 aromatic rings. The number of unbranched alkanes of at least 4 members (excludes halogenated alkanes) is 1. The first-order chi connectivity index (χ1) is 8.60. The van der Waals surface area contributed by atoms with E-state index in [4.69, 9.17) is 4.74 Å². The molecule has 0 aromatic heterocycles. The van der Waals surface area contributed by atoms with Gasteiger partial charge >= 0.3 is 0 Å². The highest BCUT2D eigenvalue weighted by atomic mass is 32.2. The second-order valence-electron chi connectivity index (χ2n) is 4.71. The first-order valence-corrected chi connectivity index (χ1v) is 8.45. The zero-order valence-corrected chi connectivity index (χ0v) is 12.3. The van der Waals surface area contributed by atoms with Crippen LogP contribution in [0, 0.1) is 0 Å². The van der Waals surface area contributed by atoms with Crippen LogP contribution in [0.5, 0.6) is 0 Å². The van der Waals surface area contributed by atoms with Crippen LogP contribution in [0.2, 0.25) is 0 Å². The van der Waals surface area contributed by atoms with Gasteiger partial charge in [0.15, 0.2) is 0 Å². The Labute approximate surface area is 111 Å². The standard InChI is InChI=1S/C12H26N2O3S/c1-3-14(11-12-7-6-9-17-12)18(15,16)10-5-4-8-13-2/h12-13H,3-11H2,1-2H3. The number of sulfonamides is 1. The monoisotopic (exact) mass is 278 g/mol. The van der Waals surface area contributed by atoms with Crippen molar-refractivity contribution in [3.8, 4) is 0 Å². The van der Waals surface area contributed by atoms with Gasteiger partial charge in [-0.3, -0.25) is 0 Å². The van der Waals surface area contributed by atoms with E-state index < -0.39 is 10.0 Å². The molecular formula is C12H26N2O3S. The summed E-state index contributed by atoms with van der Waals surface area (Å²) in [7, 11) is -1.24. The molecule has 1 saturated heterocycles. The topological polar surface area (TPSA) is 58.6 Å². The molecule has 0 aliphatic carbocycles. The molecule has 1 unspecified atom stereocenters. The maximum atomic E-state index is 12.2. The van der Waals surface area contributed by atoms with Crippen molar-refractivity contribution in [2.45, 2.75) is 38.7 Å². The minimum atomic E-state index is -3.11. The van der Waals surface area contributed by atoms with Gasteiger partial charge in [-0.1, -0.05) is 6.92 Å². The molecule has 1 N–H and O–H groups in total. The number of nitrogens with zero attached hydrogens (tertiary/aromatic N) is 1. The zero-order chi connectivity index (χ0) is 13.4. The minimum absolute atomic E-state index is 0.0945. The normalized spacial score (nSPS) is 20.7. The minimum Gasteiger partial charge on any atom is -0.377 e. The molecule has 0 saturated carbocycles. The van der Waals surface area contributed by atoms with Gasteiger partial charge in [0.1, 0.15) is 0 Å². The molecule has 0 spiro atoms. The molecule has 0 amide bonds. The van der Waals surface area contributed by atoms with Crippen molar-refractivity contribution in [3.63, 3.8) is 0 Å². The lowest BCUT2D eigenvalue weighted by molar-refractivity contribution is 0.0947. The second-order valence-corrected chi connectivity index (χ2v) is 6.80. The third kappa shape index (κ3) is 5.22. The van der Waals surface area contributed by atoms with E-state index in [9.17, 15) is 8.42 Å². The summed E-state index contributed by atoms with van der Waals surface area (Å²) in [4.78, 5) is 0. The lowest BCUT2D eigenvalue weighted by atomic mass is 10.2. The Kier molecular flexibility index (Phi) is 7.14. The fourth-order valence-corrected chi connectivity index (χ4v) is 3.78. The molecule has 1 heterocycles. The SMILES string of the molecule is CCN(CC1CCCO1)S(=O)(=O)CCCCNC. The molecule has 1 atom stereocenters. The van der Waals surface area contributed by atoms with Crippen molar-refractivity contribution in [1.29, 1.82) is 0 Å². The number of likely N-dealkylation sites (N-methyl/N-ethyl adjacent to an activating group) is 1. The van der Waals surface area contributed by atoms with Crippen molar-refractivity contribution in [1.82, 2.24) is 9.62 Å². The van der Waals surface area contributed by atoms with E-state index in [0.29, 0.717) is 19.5 Å². The Balaban J connectivity index is 2.40. The summed E-state index contributed by atoms with van der Waals surface area (Å²) < 4.78 is 31.4. The van der Waals surface area contributed by atoms with Crippen LogP contribution >= 0.6 is 0 Å². The maximum Gasteiger partial charge on any atom is 0.214 e. The first-order valence-electron chi connectivity index (χ1n) is 6.84. The van der Waals surface area contributed by atoms with Gasteiger partial charge < -0.3 is 10.1 Å². The van der Waals surface area contributed by atoms with Crippen LogP contribution in [0.15, 0.2) is 0 Å². The average molecular weight is 278 g/mol. The van der Waals surface area contributed by atoms with Crippen molar-refractivity contribution in [2.24, 2.45) is 0 Å². The number of ether oxygens (including phenoxy) is 1. The average Bonchev–Trinajstić information content (AvgIpc) is 2.84. The summed E-state index contributed by atoms with van der Waals surface area (Å²) in [5.74, 6) is 0.245. The lowest BCUT2D eigenvalue weighted by Gasteiger charge is -2.23. The van der Waals surface area contributed by atoms with Gasteiger partial charge in [0.25, 0.3) is 0 Å². The molecule has 1 fully saturated rings. The van der Waals surface area contributed by atoms with Gasteiger partial charge in [0.05, 0.1) is 11.9 Å². The molecule has 1 aliphatic rings. The largest absolute Gasteiger partial charge is 0.377 e. The fourth-order valence-electron chi connectivity index (χ4n) is 2.17. The Morgan fingerprint density at radius 1 is 1.39 bits per heavy atom. The summed E-state index contributed by atoms with van der Waals surface area (Å²) in [6.07, 6.45) is 3.73. The quantitative estimate of drug-likeness (QED) is 0.634. The van der Waals surface area contributed by atoms with Crippen LogP contribution in [0.4, 0.5) is 0 Å². The van der Waals surface area contributed by atoms with Gasteiger partial charge in [0.2, 0.25) is 10.0 Å². The summed E-state index contributed by atoms with van der Waals surface area (Å²) in [6.45, 7) is 4.58. The van der Waals surface area contributed by atoms with Crippen molar-refractivity contribution in [2.75, 3.05) is 39.0 Å². The Bertz CT molecular complexity index is 313. The molecular weight excluding hydrogens is 252 g/mol. The van der Waals surface area contributed by atoms with Crippen LogP contribution < -0.4 is 5.32 Å². The Morgan fingerprint density at radius 3 is 2.72 bits per heavy atom. The van der Waals surface area contributed by atoms with E-state index in [2.05, 4.69) is 5.32 Å². The Morgan fingerprint density at radius 2 is 2.17 bits per heavy atom. The van der Waals surface area contributed by atoms with Crippen LogP contribution in [0.1, 0.15) is 32.6 Å². The van der Waals surface area contributed by atoms with Crippen molar-refractivity contribution < 1.29 is 13.2 Å². The smallest absolute Gasteiger partial charge is 0.214 e. The molecule has 0 aromatic carbocycles. The van der Waals surface area contributed by atoms with E-state index >= 15 is 0 Å². The lowest BCUT2D eigenvalue weighted by Crippen LogP contribution is -2.38. The maximum absolute atomic E-state index is 12.2. The third-order valence-corrected chi connectivity index (χ3v) is 5.26. The molecule has 18 heavy (non-hydrogen) atoms. The predicted molar refractivity (Wildman–Crippen MR) is 73.2 cm³/mol. The van der Waals surface area contributed by atoms with E-state index in [-0.39, 0.29) is 11.9 Å². The fraction of sp³-hybridized carbons (Fsp3) is 1.00. The molecule has 0 bridgehead atoms. The molecule has 1 rings (SSSR count). The van der Waals surface area contributed by atoms with E-state index in [1.54, 1.807) is 4.31 Å². The van der Waals surface area contributed by atoms with Gasteiger partial charge in [-0.25, -0.2) is 8.42 Å². The molecule has 6 heteroatoms. The van der Waals surface area contributed by atoms with Gasteiger partial charge in [-0.05, 0) is 39.3 Å². The first kappa shape index (κ1) is 15.9. The zero-order valence-electron chi connectivity index (χ0n) is 11.5. The second kappa shape index (κ2) is 8.09. The van der Waals surface area contributed by atoms with Crippen molar-refractivity contribution in [3.05, 3.63) is 0 Å². The number of rotatable bonds is 9. The number of hydrogen-bond donors (Lipinski definition) is 1. The van der Waals surface area contributed by atoms with Gasteiger partial charge in [-0.15, -0.1) is 0 Å². The molecule has 0 radical (unpaired) electrons. The third-order valence-electron chi connectivity index (χ3n) is 3.26. The highest BCUT2D eigenvalue weighted by molar-refractivity contribution is 7.89. The van der Waals surface area contributed by atoms with E-state index in [0.717, 1.165) is 32.4 Å². The summed E-state index contributed by atoms with van der Waals surface area (Å²) >= 11 is 0. The Hall–Kier alpha value is -0.170. The summed E-state index contributed by atoms with van der Waals surface area (Å²) in [5, 5.41) is 3.03. The predicted octanol–water partition coefficient (Wildman–Crippen LogP) is 0.817. The summed E-state index contributed by atoms with van der Waals surface area (Å²) in [6, 6.07) is 0. The van der Waals surface area contributed by atoms with Crippen LogP contribution in [0.3, 0.4) is 0 Å². The van der Waals surface area contributed by atoms with Crippen LogP contribution in [0.25, 0.3) is 0 Å². The molecule has 5 nitrogen and oxygen atoms in total. The van der Waals surface area contributed by atoms with Crippen LogP contribution in [-0.2, 0) is 14.8 Å².